The maximum absolute atomic E-state index is 11.6. The summed E-state index contributed by atoms with van der Waals surface area (Å²) in [7, 11) is 3.86. The number of hydrogen-bond donors (Lipinski definition) is 2. The van der Waals surface area contributed by atoms with Gasteiger partial charge in [0.05, 0.1) is 0 Å². The Balaban J connectivity index is 2.14. The zero-order valence-corrected chi connectivity index (χ0v) is 9.51. The van der Waals surface area contributed by atoms with Crippen molar-refractivity contribution < 1.29 is 4.79 Å². The van der Waals surface area contributed by atoms with Crippen LogP contribution in [0.1, 0.15) is 10.6 Å². The molecule has 0 unspecified atom stereocenters. The number of nitrogens with zero attached hydrogens (tertiary/aromatic N) is 4. The van der Waals surface area contributed by atoms with Crippen molar-refractivity contribution in [3.8, 4) is 0 Å². The van der Waals surface area contributed by atoms with Crippen molar-refractivity contribution in [2.45, 2.75) is 0 Å². The number of carbonyl (C=O) groups is 1. The fraction of sp³-hybridized carbons (Fsp3) is 0.200. The molecular formula is C10H12N6O. The van der Waals surface area contributed by atoms with Gasteiger partial charge in [-0.3, -0.25) is 4.79 Å². The standard InChI is InChI=1S/C10H12N6O/c1-16(2)8-5-3-4-7(6-8)11-10(17)9-12-14-15-13-9/h3-6H,1-2H3,(H,11,17)(H,12,13,14,15). The molecule has 7 heteroatoms. The van der Waals surface area contributed by atoms with Crippen LogP contribution in [0.25, 0.3) is 0 Å². The summed E-state index contributed by atoms with van der Waals surface area (Å²) in [5.41, 5.74) is 1.68. The number of rotatable bonds is 3. The maximum Gasteiger partial charge on any atom is 0.297 e. The van der Waals surface area contributed by atoms with E-state index in [0.29, 0.717) is 5.69 Å². The molecule has 0 fully saturated rings. The minimum Gasteiger partial charge on any atom is -0.378 e. The molecule has 1 aromatic heterocycles. The van der Waals surface area contributed by atoms with Crippen molar-refractivity contribution in [2.24, 2.45) is 0 Å². The van der Waals surface area contributed by atoms with Crippen LogP contribution in [-0.4, -0.2) is 40.6 Å². The van der Waals surface area contributed by atoms with E-state index in [9.17, 15) is 4.79 Å². The highest BCUT2D eigenvalue weighted by atomic mass is 16.2. The fourth-order valence-electron chi connectivity index (χ4n) is 1.31. The minimum absolute atomic E-state index is 0.0141. The van der Waals surface area contributed by atoms with Crippen LogP contribution in [0, 0.1) is 0 Å². The number of H-pyrrole nitrogens is 1. The second-order valence-corrected chi connectivity index (χ2v) is 3.63. The van der Waals surface area contributed by atoms with Gasteiger partial charge in [-0.25, -0.2) is 0 Å². The van der Waals surface area contributed by atoms with Gasteiger partial charge in [0.1, 0.15) is 0 Å². The van der Waals surface area contributed by atoms with Crippen molar-refractivity contribution in [2.75, 3.05) is 24.3 Å². The van der Waals surface area contributed by atoms with Crippen molar-refractivity contribution in [3.63, 3.8) is 0 Å². The number of benzene rings is 1. The summed E-state index contributed by atoms with van der Waals surface area (Å²) in [6.45, 7) is 0. The maximum atomic E-state index is 11.6. The van der Waals surface area contributed by atoms with Crippen LogP contribution < -0.4 is 10.2 Å². The summed E-state index contributed by atoms with van der Waals surface area (Å²) >= 11 is 0. The first-order valence-electron chi connectivity index (χ1n) is 4.99. The molecule has 2 rings (SSSR count). The molecule has 88 valence electrons. The molecule has 0 aliphatic heterocycles. The molecule has 7 nitrogen and oxygen atoms in total. The number of nitrogens with one attached hydrogen (secondary N) is 2. The van der Waals surface area contributed by atoms with Crippen LogP contribution >= 0.6 is 0 Å². The Morgan fingerprint density at radius 2 is 2.24 bits per heavy atom. The molecule has 0 spiro atoms. The summed E-state index contributed by atoms with van der Waals surface area (Å²) in [6, 6.07) is 7.47. The first kappa shape index (κ1) is 11.1. The first-order chi connectivity index (χ1) is 8.16. The molecule has 0 radical (unpaired) electrons. The highest BCUT2D eigenvalue weighted by Gasteiger charge is 2.10. The van der Waals surface area contributed by atoms with E-state index in [1.54, 1.807) is 6.07 Å². The minimum atomic E-state index is -0.394. The lowest BCUT2D eigenvalue weighted by Gasteiger charge is -2.13. The largest absolute Gasteiger partial charge is 0.378 e. The fourth-order valence-corrected chi connectivity index (χ4v) is 1.31. The van der Waals surface area contributed by atoms with Crippen LogP contribution in [-0.2, 0) is 0 Å². The predicted molar refractivity (Wildman–Crippen MR) is 62.9 cm³/mol. The lowest BCUT2D eigenvalue weighted by molar-refractivity contribution is 0.101. The Bertz CT molecular complexity index is 507. The van der Waals surface area contributed by atoms with Crippen molar-refractivity contribution >= 4 is 17.3 Å². The van der Waals surface area contributed by atoms with Gasteiger partial charge in [-0.05, 0) is 23.4 Å². The molecule has 1 amide bonds. The van der Waals surface area contributed by atoms with E-state index in [2.05, 4.69) is 25.9 Å². The second kappa shape index (κ2) is 4.60. The van der Waals surface area contributed by atoms with Crippen molar-refractivity contribution in [1.29, 1.82) is 0 Å². The van der Waals surface area contributed by atoms with Gasteiger partial charge in [-0.15, -0.1) is 10.2 Å². The number of hydrogen-bond acceptors (Lipinski definition) is 5. The molecule has 1 aromatic carbocycles. The van der Waals surface area contributed by atoms with Gasteiger partial charge < -0.3 is 10.2 Å². The Kier molecular flexibility index (Phi) is 2.99. The van der Waals surface area contributed by atoms with Gasteiger partial charge in [-0.1, -0.05) is 6.07 Å². The molecule has 2 aromatic rings. The number of aromatic nitrogens is 4. The molecule has 0 saturated carbocycles. The average Bonchev–Trinajstić information content (AvgIpc) is 2.82. The second-order valence-electron chi connectivity index (χ2n) is 3.63. The summed E-state index contributed by atoms with van der Waals surface area (Å²) in [4.78, 5) is 13.6. The zero-order chi connectivity index (χ0) is 12.3. The number of anilines is 2. The molecule has 17 heavy (non-hydrogen) atoms. The summed E-state index contributed by atoms with van der Waals surface area (Å²) in [5.74, 6) is -0.380. The third-order valence-electron chi connectivity index (χ3n) is 2.17. The molecule has 1 heterocycles. The third-order valence-corrected chi connectivity index (χ3v) is 2.17. The molecular weight excluding hydrogens is 220 g/mol. The van der Waals surface area contributed by atoms with Crippen LogP contribution in [0.3, 0.4) is 0 Å². The van der Waals surface area contributed by atoms with Crippen LogP contribution in [0.2, 0.25) is 0 Å². The Morgan fingerprint density at radius 3 is 2.88 bits per heavy atom. The highest BCUT2D eigenvalue weighted by Crippen LogP contribution is 2.17. The summed E-state index contributed by atoms with van der Waals surface area (Å²) < 4.78 is 0. The first-order valence-corrected chi connectivity index (χ1v) is 4.99. The van der Waals surface area contributed by atoms with E-state index in [1.807, 2.05) is 37.2 Å². The normalized spacial score (nSPS) is 10.0. The number of tetrazole rings is 1. The van der Waals surface area contributed by atoms with Crippen LogP contribution in [0.4, 0.5) is 11.4 Å². The van der Waals surface area contributed by atoms with E-state index in [4.69, 9.17) is 0 Å². The van der Waals surface area contributed by atoms with E-state index < -0.39 is 5.91 Å². The van der Waals surface area contributed by atoms with E-state index in [0.717, 1.165) is 5.69 Å². The SMILES string of the molecule is CN(C)c1cccc(NC(=O)c2nn[nH]n2)c1. The molecule has 0 aliphatic rings. The molecule has 0 aliphatic carbocycles. The lowest BCUT2D eigenvalue weighted by atomic mass is 10.2. The average molecular weight is 232 g/mol. The zero-order valence-electron chi connectivity index (χ0n) is 9.51. The molecule has 0 atom stereocenters. The topological polar surface area (TPSA) is 86.8 Å². The number of carbonyl (C=O) groups excluding carboxylic acids is 1. The Labute approximate surface area is 97.8 Å². The predicted octanol–water partition coefficient (Wildman–Crippen LogP) is 0.518. The number of amides is 1. The van der Waals surface area contributed by atoms with Gasteiger partial charge in [0, 0.05) is 25.5 Å². The number of aromatic amines is 1. The lowest BCUT2D eigenvalue weighted by Crippen LogP contribution is -2.14. The highest BCUT2D eigenvalue weighted by molar-refractivity contribution is 6.01. The van der Waals surface area contributed by atoms with E-state index in [1.165, 1.54) is 0 Å². The Morgan fingerprint density at radius 1 is 1.41 bits per heavy atom. The van der Waals surface area contributed by atoms with Gasteiger partial charge in [0.15, 0.2) is 0 Å². The van der Waals surface area contributed by atoms with Gasteiger partial charge in [0.25, 0.3) is 11.7 Å². The third kappa shape index (κ3) is 2.57. The van der Waals surface area contributed by atoms with Gasteiger partial charge in [-0.2, -0.15) is 5.21 Å². The van der Waals surface area contributed by atoms with Crippen molar-refractivity contribution in [1.82, 2.24) is 20.6 Å². The Hall–Kier alpha value is -2.44. The van der Waals surface area contributed by atoms with Crippen molar-refractivity contribution in [3.05, 3.63) is 30.1 Å². The van der Waals surface area contributed by atoms with Gasteiger partial charge in [0.2, 0.25) is 0 Å². The van der Waals surface area contributed by atoms with E-state index in [-0.39, 0.29) is 5.82 Å². The smallest absolute Gasteiger partial charge is 0.297 e. The van der Waals surface area contributed by atoms with Crippen LogP contribution in [0.15, 0.2) is 24.3 Å². The summed E-state index contributed by atoms with van der Waals surface area (Å²) in [6.07, 6.45) is 0. The molecule has 0 saturated heterocycles. The van der Waals surface area contributed by atoms with Crippen LogP contribution in [0.5, 0.6) is 0 Å². The summed E-state index contributed by atoms with van der Waals surface area (Å²) in [5, 5.41) is 15.4. The molecule has 0 bridgehead atoms. The molecule has 2 N–H and O–H groups in total. The monoisotopic (exact) mass is 232 g/mol. The van der Waals surface area contributed by atoms with Gasteiger partial charge >= 0.3 is 0 Å². The quantitative estimate of drug-likeness (QED) is 0.805. The van der Waals surface area contributed by atoms with E-state index >= 15 is 0 Å².